The Hall–Kier alpha value is -2.75. The average molecular weight is 325 g/mol. The summed E-state index contributed by atoms with van der Waals surface area (Å²) in [6.07, 6.45) is 4.78. The van der Waals surface area contributed by atoms with Crippen LogP contribution in [0.4, 0.5) is 5.69 Å². The van der Waals surface area contributed by atoms with Crippen LogP contribution in [0.25, 0.3) is 6.08 Å². The first-order chi connectivity index (χ1) is 11.7. The lowest BCUT2D eigenvalue weighted by Gasteiger charge is -2.13. The first-order valence-electron chi connectivity index (χ1n) is 7.99. The van der Waals surface area contributed by atoms with Crippen LogP contribution in [0.3, 0.4) is 0 Å². The molecule has 2 rings (SSSR count). The van der Waals surface area contributed by atoms with E-state index < -0.39 is 0 Å². The van der Waals surface area contributed by atoms with Crippen LogP contribution in [0.2, 0.25) is 0 Å². The second kappa shape index (κ2) is 8.77. The number of ether oxygens (including phenoxy) is 2. The van der Waals surface area contributed by atoms with E-state index in [0.29, 0.717) is 11.5 Å². The monoisotopic (exact) mass is 325 g/mol. The molecule has 0 bridgehead atoms. The number of hydrogen-bond acceptors (Lipinski definition) is 3. The Morgan fingerprint density at radius 1 is 1.17 bits per heavy atom. The van der Waals surface area contributed by atoms with Crippen LogP contribution < -0.4 is 14.8 Å². The maximum Gasteiger partial charge on any atom is 0.262 e. The fraction of sp³-hybridized carbons (Fsp3) is 0.250. The summed E-state index contributed by atoms with van der Waals surface area (Å²) in [7, 11) is 1.58. The molecule has 2 aromatic carbocycles. The number of carbonyl (C=O) groups excluding carboxylic acids is 1. The molecule has 0 aliphatic rings. The molecule has 4 heteroatoms. The number of benzene rings is 2. The van der Waals surface area contributed by atoms with Crippen molar-refractivity contribution in [1.29, 1.82) is 0 Å². The van der Waals surface area contributed by atoms with Gasteiger partial charge < -0.3 is 14.8 Å². The van der Waals surface area contributed by atoms with Crippen molar-refractivity contribution in [3.05, 3.63) is 59.7 Å². The molecule has 0 heterocycles. The smallest absolute Gasteiger partial charge is 0.262 e. The largest absolute Gasteiger partial charge is 0.493 e. The number of methoxy groups -OCH3 is 1. The van der Waals surface area contributed by atoms with E-state index >= 15 is 0 Å². The highest BCUT2D eigenvalue weighted by Gasteiger charge is 2.09. The van der Waals surface area contributed by atoms with E-state index in [0.717, 1.165) is 23.2 Å². The summed E-state index contributed by atoms with van der Waals surface area (Å²) in [5.41, 5.74) is 2.94. The molecular formula is C20H23NO3. The first kappa shape index (κ1) is 17.6. The second-order valence-electron chi connectivity index (χ2n) is 5.26. The highest BCUT2D eigenvalue weighted by Crippen LogP contribution is 2.28. The van der Waals surface area contributed by atoms with Gasteiger partial charge in [-0.1, -0.05) is 43.3 Å². The van der Waals surface area contributed by atoms with Crippen LogP contribution in [0.1, 0.15) is 25.0 Å². The molecule has 4 nitrogen and oxygen atoms in total. The number of hydrogen-bond donors (Lipinski definition) is 1. The van der Waals surface area contributed by atoms with Gasteiger partial charge in [0.15, 0.2) is 18.1 Å². The topological polar surface area (TPSA) is 47.6 Å². The molecule has 0 fully saturated rings. The van der Waals surface area contributed by atoms with Gasteiger partial charge in [-0.25, -0.2) is 0 Å². The molecule has 0 atom stereocenters. The van der Waals surface area contributed by atoms with E-state index in [9.17, 15) is 4.79 Å². The Bertz CT molecular complexity index is 723. The molecule has 2 aromatic rings. The summed E-state index contributed by atoms with van der Waals surface area (Å²) >= 11 is 0. The zero-order chi connectivity index (χ0) is 17.4. The molecule has 24 heavy (non-hydrogen) atoms. The third-order valence-electron chi connectivity index (χ3n) is 3.58. The lowest BCUT2D eigenvalue weighted by Crippen LogP contribution is -2.21. The van der Waals surface area contributed by atoms with Gasteiger partial charge in [0, 0.05) is 5.69 Å². The Labute approximate surface area is 143 Å². The summed E-state index contributed by atoms with van der Waals surface area (Å²) in [6, 6.07) is 13.4. The third kappa shape index (κ3) is 4.62. The first-order valence-corrected chi connectivity index (χ1v) is 7.99. The molecule has 0 aliphatic carbocycles. The van der Waals surface area contributed by atoms with Crippen LogP contribution in [0.15, 0.2) is 48.5 Å². The number of nitrogens with one attached hydrogen (secondary N) is 1. The van der Waals surface area contributed by atoms with Crippen molar-refractivity contribution in [1.82, 2.24) is 0 Å². The molecule has 126 valence electrons. The highest BCUT2D eigenvalue weighted by molar-refractivity contribution is 5.92. The zero-order valence-corrected chi connectivity index (χ0v) is 14.3. The Balaban J connectivity index is 2.01. The van der Waals surface area contributed by atoms with Crippen molar-refractivity contribution < 1.29 is 14.3 Å². The lowest BCUT2D eigenvalue weighted by molar-refractivity contribution is -0.118. The maximum absolute atomic E-state index is 12.1. The number of allylic oxidation sites excluding steroid dienone is 1. The Kier molecular flexibility index (Phi) is 6.43. The number of rotatable bonds is 7. The van der Waals surface area contributed by atoms with Gasteiger partial charge in [0.1, 0.15) is 0 Å². The fourth-order valence-electron chi connectivity index (χ4n) is 2.38. The molecule has 0 radical (unpaired) electrons. The summed E-state index contributed by atoms with van der Waals surface area (Å²) < 4.78 is 10.9. The van der Waals surface area contributed by atoms with Gasteiger partial charge in [0.05, 0.1) is 7.11 Å². The van der Waals surface area contributed by atoms with Crippen molar-refractivity contribution in [2.45, 2.75) is 20.3 Å². The van der Waals surface area contributed by atoms with Gasteiger partial charge in [0.2, 0.25) is 0 Å². The fourth-order valence-corrected chi connectivity index (χ4v) is 2.38. The molecule has 0 spiro atoms. The van der Waals surface area contributed by atoms with Gasteiger partial charge in [0.25, 0.3) is 5.91 Å². The Morgan fingerprint density at radius 3 is 2.67 bits per heavy atom. The number of para-hydroxylation sites is 1. The minimum atomic E-state index is -0.199. The standard InChI is InChI=1S/C20H23NO3/c1-4-8-15-11-12-18(19(13-15)23-3)24-14-20(22)21-17-10-7-6-9-16(17)5-2/h4,6-13H,5,14H2,1-3H3,(H,21,22). The maximum atomic E-state index is 12.1. The number of anilines is 1. The molecule has 0 aliphatic heterocycles. The zero-order valence-electron chi connectivity index (χ0n) is 14.3. The second-order valence-corrected chi connectivity index (χ2v) is 5.26. The van der Waals surface area contributed by atoms with Gasteiger partial charge in [-0.15, -0.1) is 0 Å². The van der Waals surface area contributed by atoms with Crippen LogP contribution in [0, 0.1) is 0 Å². The molecule has 0 aromatic heterocycles. The summed E-state index contributed by atoms with van der Waals surface area (Å²) in [5, 5.41) is 2.88. The lowest BCUT2D eigenvalue weighted by atomic mass is 10.1. The van der Waals surface area contributed by atoms with E-state index in [-0.39, 0.29) is 12.5 Å². The highest BCUT2D eigenvalue weighted by atomic mass is 16.5. The molecule has 0 saturated heterocycles. The summed E-state index contributed by atoms with van der Waals surface area (Å²) in [6.45, 7) is 3.94. The number of carbonyl (C=O) groups is 1. The van der Waals surface area contributed by atoms with Crippen LogP contribution >= 0.6 is 0 Å². The van der Waals surface area contributed by atoms with Gasteiger partial charge >= 0.3 is 0 Å². The van der Waals surface area contributed by atoms with Crippen molar-refractivity contribution in [2.75, 3.05) is 19.0 Å². The van der Waals surface area contributed by atoms with Gasteiger partial charge in [-0.2, -0.15) is 0 Å². The molecule has 0 saturated carbocycles. The number of amides is 1. The van der Waals surface area contributed by atoms with Crippen LogP contribution in [-0.2, 0) is 11.2 Å². The minimum Gasteiger partial charge on any atom is -0.493 e. The quantitative estimate of drug-likeness (QED) is 0.825. The predicted octanol–water partition coefficient (Wildman–Crippen LogP) is 4.31. The van der Waals surface area contributed by atoms with Crippen molar-refractivity contribution in [3.8, 4) is 11.5 Å². The summed E-state index contributed by atoms with van der Waals surface area (Å²) in [5.74, 6) is 0.951. The van der Waals surface area contributed by atoms with Crippen LogP contribution in [0.5, 0.6) is 11.5 Å². The van der Waals surface area contributed by atoms with Gasteiger partial charge in [-0.05, 0) is 42.7 Å². The van der Waals surface area contributed by atoms with Gasteiger partial charge in [-0.3, -0.25) is 4.79 Å². The average Bonchev–Trinajstić information content (AvgIpc) is 2.61. The SMILES string of the molecule is CC=Cc1ccc(OCC(=O)Nc2ccccc2CC)c(OC)c1. The number of aryl methyl sites for hydroxylation is 1. The van der Waals surface area contributed by atoms with Crippen molar-refractivity contribution >= 4 is 17.7 Å². The van der Waals surface area contributed by atoms with E-state index in [4.69, 9.17) is 9.47 Å². The van der Waals surface area contributed by atoms with Crippen molar-refractivity contribution in [2.24, 2.45) is 0 Å². The third-order valence-corrected chi connectivity index (χ3v) is 3.58. The Morgan fingerprint density at radius 2 is 1.96 bits per heavy atom. The van der Waals surface area contributed by atoms with E-state index in [1.807, 2.05) is 55.5 Å². The van der Waals surface area contributed by atoms with E-state index in [2.05, 4.69) is 12.2 Å². The molecular weight excluding hydrogens is 302 g/mol. The predicted molar refractivity (Wildman–Crippen MR) is 97.6 cm³/mol. The normalized spacial score (nSPS) is 10.6. The van der Waals surface area contributed by atoms with Crippen molar-refractivity contribution in [3.63, 3.8) is 0 Å². The molecule has 1 amide bonds. The summed E-state index contributed by atoms with van der Waals surface area (Å²) in [4.78, 5) is 12.1. The van der Waals surface area contributed by atoms with E-state index in [1.165, 1.54) is 0 Å². The van der Waals surface area contributed by atoms with Crippen LogP contribution in [-0.4, -0.2) is 19.6 Å². The molecule has 0 unspecified atom stereocenters. The molecule has 1 N–H and O–H groups in total. The minimum absolute atomic E-state index is 0.0721. The van der Waals surface area contributed by atoms with E-state index in [1.54, 1.807) is 13.2 Å².